The van der Waals surface area contributed by atoms with Crippen LogP contribution >= 0.6 is 0 Å². The third kappa shape index (κ3) is 2.86. The van der Waals surface area contributed by atoms with Crippen molar-refractivity contribution in [2.45, 2.75) is 26.8 Å². The van der Waals surface area contributed by atoms with Gasteiger partial charge < -0.3 is 5.73 Å². The molecule has 0 aliphatic heterocycles. The molecule has 0 fully saturated rings. The zero-order valence-electron chi connectivity index (χ0n) is 11.9. The van der Waals surface area contributed by atoms with E-state index in [-0.39, 0.29) is 16.7 Å². The molecule has 1 unspecified atom stereocenters. The highest BCUT2D eigenvalue weighted by Crippen LogP contribution is 2.27. The van der Waals surface area contributed by atoms with Crippen molar-refractivity contribution in [3.8, 4) is 0 Å². The van der Waals surface area contributed by atoms with Crippen molar-refractivity contribution < 1.29 is 4.92 Å². The summed E-state index contributed by atoms with van der Waals surface area (Å²) in [6.45, 7) is 5.87. The molecule has 4 nitrogen and oxygen atoms in total. The molecule has 0 saturated heterocycles. The summed E-state index contributed by atoms with van der Waals surface area (Å²) in [7, 11) is 0. The van der Waals surface area contributed by atoms with E-state index in [4.69, 9.17) is 5.73 Å². The lowest BCUT2D eigenvalue weighted by Crippen LogP contribution is -2.14. The highest BCUT2D eigenvalue weighted by molar-refractivity contribution is 5.45. The molecular weight excluding hydrogens is 252 g/mol. The molecule has 0 radical (unpaired) electrons. The summed E-state index contributed by atoms with van der Waals surface area (Å²) in [4.78, 5) is 10.6. The summed E-state index contributed by atoms with van der Waals surface area (Å²) in [6, 6.07) is 10.7. The van der Waals surface area contributed by atoms with Gasteiger partial charge in [-0.1, -0.05) is 29.8 Å². The minimum atomic E-state index is -0.384. The summed E-state index contributed by atoms with van der Waals surface area (Å²) in [5, 5.41) is 10.9. The van der Waals surface area contributed by atoms with Gasteiger partial charge >= 0.3 is 0 Å². The molecule has 0 heterocycles. The zero-order chi connectivity index (χ0) is 14.9. The number of hydrogen-bond acceptors (Lipinski definition) is 3. The van der Waals surface area contributed by atoms with Crippen LogP contribution in [0.15, 0.2) is 36.4 Å². The number of aryl methyl sites for hydroxylation is 3. The average Bonchev–Trinajstić information content (AvgIpc) is 2.37. The molecule has 0 aromatic heterocycles. The molecule has 2 aromatic carbocycles. The van der Waals surface area contributed by atoms with Gasteiger partial charge in [0.2, 0.25) is 0 Å². The van der Waals surface area contributed by atoms with Crippen molar-refractivity contribution in [1.82, 2.24) is 0 Å². The van der Waals surface area contributed by atoms with E-state index in [1.807, 2.05) is 39.0 Å². The van der Waals surface area contributed by atoms with Gasteiger partial charge in [-0.25, -0.2) is 0 Å². The number of benzene rings is 2. The number of hydrogen-bond donors (Lipinski definition) is 1. The molecule has 2 rings (SSSR count). The van der Waals surface area contributed by atoms with Crippen molar-refractivity contribution in [1.29, 1.82) is 0 Å². The van der Waals surface area contributed by atoms with Crippen LogP contribution in [0.1, 0.15) is 33.9 Å². The summed E-state index contributed by atoms with van der Waals surface area (Å²) in [5.74, 6) is 0. The first kappa shape index (κ1) is 14.2. The van der Waals surface area contributed by atoms with Crippen LogP contribution in [-0.4, -0.2) is 4.92 Å². The van der Waals surface area contributed by atoms with Gasteiger partial charge in [-0.2, -0.15) is 0 Å². The van der Waals surface area contributed by atoms with Crippen molar-refractivity contribution in [2.24, 2.45) is 5.73 Å². The maximum absolute atomic E-state index is 10.9. The number of nitro benzene ring substituents is 1. The van der Waals surface area contributed by atoms with Gasteiger partial charge in [0.1, 0.15) is 0 Å². The Morgan fingerprint density at radius 2 is 1.75 bits per heavy atom. The van der Waals surface area contributed by atoms with Gasteiger partial charge in [0.15, 0.2) is 0 Å². The van der Waals surface area contributed by atoms with E-state index in [1.54, 1.807) is 12.1 Å². The normalized spacial score (nSPS) is 12.2. The van der Waals surface area contributed by atoms with Gasteiger partial charge in [-0.05, 0) is 43.0 Å². The highest BCUT2D eigenvalue weighted by Gasteiger charge is 2.16. The van der Waals surface area contributed by atoms with Crippen LogP contribution in [0.3, 0.4) is 0 Å². The molecule has 104 valence electrons. The lowest BCUT2D eigenvalue weighted by molar-refractivity contribution is -0.385. The van der Waals surface area contributed by atoms with Crippen LogP contribution in [0.4, 0.5) is 5.69 Å². The lowest BCUT2D eigenvalue weighted by Gasteiger charge is -2.16. The Morgan fingerprint density at radius 3 is 2.35 bits per heavy atom. The van der Waals surface area contributed by atoms with E-state index < -0.39 is 0 Å². The van der Waals surface area contributed by atoms with Crippen LogP contribution in [0, 0.1) is 30.9 Å². The molecule has 0 bridgehead atoms. The first-order chi connectivity index (χ1) is 9.38. The molecule has 4 heteroatoms. The van der Waals surface area contributed by atoms with Crippen molar-refractivity contribution in [3.63, 3.8) is 0 Å². The van der Waals surface area contributed by atoms with E-state index >= 15 is 0 Å². The van der Waals surface area contributed by atoms with E-state index in [1.165, 1.54) is 5.56 Å². The topological polar surface area (TPSA) is 69.2 Å². The Balaban J connectivity index is 2.47. The fraction of sp³-hybridized carbons (Fsp3) is 0.250. The summed E-state index contributed by atoms with van der Waals surface area (Å²) < 4.78 is 0. The Hall–Kier alpha value is -2.20. The van der Waals surface area contributed by atoms with Crippen molar-refractivity contribution >= 4 is 5.69 Å². The second kappa shape index (κ2) is 5.43. The van der Waals surface area contributed by atoms with Crippen LogP contribution in [0.25, 0.3) is 0 Å². The molecule has 0 saturated carbocycles. The van der Waals surface area contributed by atoms with Gasteiger partial charge in [0.25, 0.3) is 5.69 Å². The standard InChI is InChI=1S/C16H18N2O2/c1-10-4-5-15(12(3)6-10)16(17)13-7-11(2)8-14(9-13)18(19)20/h4-9,16H,17H2,1-3H3. The monoisotopic (exact) mass is 270 g/mol. The Kier molecular flexibility index (Phi) is 3.86. The smallest absolute Gasteiger partial charge is 0.270 e. The molecule has 2 aromatic rings. The maximum atomic E-state index is 10.9. The van der Waals surface area contributed by atoms with E-state index in [2.05, 4.69) is 6.07 Å². The third-order valence-electron chi connectivity index (χ3n) is 3.41. The number of non-ortho nitro benzene ring substituents is 1. The quantitative estimate of drug-likeness (QED) is 0.684. The summed E-state index contributed by atoms with van der Waals surface area (Å²) >= 11 is 0. The second-order valence-corrected chi connectivity index (χ2v) is 5.20. The molecule has 0 aliphatic carbocycles. The number of nitrogens with two attached hydrogens (primary N) is 1. The molecular formula is C16H18N2O2. The fourth-order valence-electron chi connectivity index (χ4n) is 2.43. The van der Waals surface area contributed by atoms with E-state index in [0.717, 1.165) is 22.3 Å². The minimum absolute atomic E-state index is 0.0835. The van der Waals surface area contributed by atoms with Gasteiger partial charge in [0.05, 0.1) is 11.0 Å². The van der Waals surface area contributed by atoms with Gasteiger partial charge in [0, 0.05) is 12.1 Å². The molecule has 0 spiro atoms. The average molecular weight is 270 g/mol. The van der Waals surface area contributed by atoms with Crippen LogP contribution in [0.5, 0.6) is 0 Å². The van der Waals surface area contributed by atoms with E-state index in [9.17, 15) is 10.1 Å². The Labute approximate surface area is 118 Å². The van der Waals surface area contributed by atoms with Crippen LogP contribution in [-0.2, 0) is 0 Å². The maximum Gasteiger partial charge on any atom is 0.270 e. The lowest BCUT2D eigenvalue weighted by atomic mass is 9.93. The number of rotatable bonds is 3. The van der Waals surface area contributed by atoms with Gasteiger partial charge in [-0.15, -0.1) is 0 Å². The van der Waals surface area contributed by atoms with Crippen LogP contribution < -0.4 is 5.73 Å². The van der Waals surface area contributed by atoms with Gasteiger partial charge in [-0.3, -0.25) is 10.1 Å². The molecule has 0 amide bonds. The zero-order valence-corrected chi connectivity index (χ0v) is 11.9. The summed E-state index contributed by atoms with van der Waals surface area (Å²) in [6.07, 6.45) is 0. The number of nitrogens with zero attached hydrogens (tertiary/aromatic N) is 1. The summed E-state index contributed by atoms with van der Waals surface area (Å²) in [5.41, 5.74) is 11.2. The third-order valence-corrected chi connectivity index (χ3v) is 3.41. The fourth-order valence-corrected chi connectivity index (χ4v) is 2.43. The second-order valence-electron chi connectivity index (χ2n) is 5.20. The molecule has 1 atom stereocenters. The Bertz CT molecular complexity index is 666. The predicted octanol–water partition coefficient (Wildman–Crippen LogP) is 3.57. The molecule has 0 aliphatic rings. The molecule has 20 heavy (non-hydrogen) atoms. The Morgan fingerprint density at radius 1 is 1.05 bits per heavy atom. The minimum Gasteiger partial charge on any atom is -0.320 e. The highest BCUT2D eigenvalue weighted by atomic mass is 16.6. The van der Waals surface area contributed by atoms with Crippen LogP contribution in [0.2, 0.25) is 0 Å². The van der Waals surface area contributed by atoms with E-state index in [0.29, 0.717) is 0 Å². The largest absolute Gasteiger partial charge is 0.320 e. The SMILES string of the molecule is Cc1cc(C(N)c2ccc(C)cc2C)cc([N+](=O)[O-])c1. The molecule has 2 N–H and O–H groups in total. The van der Waals surface area contributed by atoms with Crippen molar-refractivity contribution in [2.75, 3.05) is 0 Å². The first-order valence-electron chi connectivity index (χ1n) is 6.47. The van der Waals surface area contributed by atoms with Crippen molar-refractivity contribution in [3.05, 3.63) is 74.3 Å². The first-order valence-corrected chi connectivity index (χ1v) is 6.47. The number of nitro groups is 1. The predicted molar refractivity (Wildman–Crippen MR) is 79.8 cm³/mol.